The van der Waals surface area contributed by atoms with Crippen molar-refractivity contribution in [3.8, 4) is 17.0 Å². The molecule has 0 saturated heterocycles. The second kappa shape index (κ2) is 8.47. The Morgan fingerprint density at radius 2 is 1.72 bits per heavy atom. The Morgan fingerprint density at radius 3 is 2.31 bits per heavy atom. The number of pyridine rings is 1. The number of fused-ring (bicyclic) bond motifs is 1. The quantitative estimate of drug-likeness (QED) is 0.588. The van der Waals surface area contributed by atoms with Gasteiger partial charge in [0.15, 0.2) is 5.94 Å². The lowest BCUT2D eigenvalue weighted by atomic mass is 9.77. The minimum Gasteiger partial charge on any atom is -0.476 e. The minimum atomic E-state index is -3.40. The highest BCUT2D eigenvalue weighted by atomic mass is 32.2. The summed E-state index contributed by atoms with van der Waals surface area (Å²) in [7, 11) is -3.40. The summed E-state index contributed by atoms with van der Waals surface area (Å²) in [5.41, 5.74) is 3.82. The van der Waals surface area contributed by atoms with Crippen LogP contribution in [0.3, 0.4) is 0 Å². The van der Waals surface area contributed by atoms with Crippen LogP contribution < -0.4 is 4.74 Å². The number of rotatable bonds is 4. The van der Waals surface area contributed by atoms with Gasteiger partial charge in [-0.2, -0.15) is 0 Å². The van der Waals surface area contributed by atoms with Gasteiger partial charge in [-0.3, -0.25) is 4.98 Å². The Labute approximate surface area is 176 Å². The van der Waals surface area contributed by atoms with Crippen LogP contribution in [-0.2, 0) is 20.7 Å². The molecule has 1 aromatic carbocycles. The zero-order valence-corrected chi connectivity index (χ0v) is 19.9. The lowest BCUT2D eigenvalue weighted by Gasteiger charge is -2.28. The van der Waals surface area contributed by atoms with Crippen LogP contribution in [0.25, 0.3) is 11.3 Å². The minimum absolute atomic E-state index is 0.0112. The van der Waals surface area contributed by atoms with Crippen molar-refractivity contribution in [3.63, 3.8) is 0 Å². The van der Waals surface area contributed by atoms with Gasteiger partial charge in [0.25, 0.3) is 0 Å². The largest absolute Gasteiger partial charge is 0.476 e. The predicted octanol–water partition coefficient (Wildman–Crippen LogP) is 6.27. The van der Waals surface area contributed by atoms with E-state index in [9.17, 15) is 8.42 Å². The van der Waals surface area contributed by atoms with Gasteiger partial charge < -0.3 is 4.74 Å². The van der Waals surface area contributed by atoms with Gasteiger partial charge in [-0.05, 0) is 52.6 Å². The standard InChI is InChI=1S/C22H29NO3S.C2H6/c1-7-9-22(5,6)17-13-19-20(27(24,25)14-26-19)12-16(17)18-11-15(8-10-23-18)21(2,3)4;1-2/h8,10-13H,7,9,14H2,1-6H3;1-2H3. The van der Waals surface area contributed by atoms with Gasteiger partial charge in [0.2, 0.25) is 9.84 Å². The zero-order valence-electron chi connectivity index (χ0n) is 19.1. The molecule has 0 spiro atoms. The summed E-state index contributed by atoms with van der Waals surface area (Å²) in [6, 6.07) is 7.78. The Hall–Kier alpha value is -1.88. The first kappa shape index (κ1) is 23.4. The summed E-state index contributed by atoms with van der Waals surface area (Å²) in [4.78, 5) is 4.87. The molecule has 0 amide bonds. The van der Waals surface area contributed by atoms with E-state index < -0.39 is 9.84 Å². The maximum absolute atomic E-state index is 12.4. The van der Waals surface area contributed by atoms with Crippen molar-refractivity contribution in [2.24, 2.45) is 0 Å². The summed E-state index contributed by atoms with van der Waals surface area (Å²) in [5.74, 6) is 0.180. The summed E-state index contributed by atoms with van der Waals surface area (Å²) in [6.07, 6.45) is 3.84. The first-order valence-electron chi connectivity index (χ1n) is 10.5. The molecule has 0 fully saturated rings. The molecule has 5 heteroatoms. The second-order valence-electron chi connectivity index (χ2n) is 9.04. The van der Waals surface area contributed by atoms with Crippen molar-refractivity contribution in [2.75, 3.05) is 5.94 Å². The number of nitrogens with zero attached hydrogens (tertiary/aromatic N) is 1. The number of aromatic nitrogens is 1. The average molecular weight is 418 g/mol. The van der Waals surface area contributed by atoms with Crippen molar-refractivity contribution in [1.29, 1.82) is 0 Å². The van der Waals surface area contributed by atoms with Crippen molar-refractivity contribution in [1.82, 2.24) is 4.98 Å². The maximum atomic E-state index is 12.4. The first-order valence-corrected chi connectivity index (χ1v) is 12.1. The van der Waals surface area contributed by atoms with Gasteiger partial charge in [0.05, 0.1) is 5.69 Å². The molecule has 0 aliphatic carbocycles. The van der Waals surface area contributed by atoms with Crippen LogP contribution in [0.1, 0.15) is 79.4 Å². The number of ether oxygens (including phenoxy) is 1. The summed E-state index contributed by atoms with van der Waals surface area (Å²) >= 11 is 0. The number of sulfone groups is 1. The fourth-order valence-corrected chi connectivity index (χ4v) is 4.83. The third-order valence-corrected chi connectivity index (χ3v) is 6.71. The fraction of sp³-hybridized carbons (Fsp3) is 0.542. The van der Waals surface area contributed by atoms with E-state index in [1.54, 1.807) is 6.07 Å². The molecule has 2 aromatic rings. The monoisotopic (exact) mass is 417 g/mol. The third-order valence-electron chi connectivity index (χ3n) is 5.29. The maximum Gasteiger partial charge on any atom is 0.216 e. The molecule has 0 unspecified atom stereocenters. The molecule has 3 rings (SSSR count). The smallest absolute Gasteiger partial charge is 0.216 e. The molecule has 1 aliphatic heterocycles. The van der Waals surface area contributed by atoms with Crippen LogP contribution in [0.5, 0.6) is 5.75 Å². The van der Waals surface area contributed by atoms with Crippen LogP contribution in [0, 0.1) is 0 Å². The molecule has 0 saturated carbocycles. The van der Waals surface area contributed by atoms with E-state index in [2.05, 4.69) is 52.6 Å². The van der Waals surface area contributed by atoms with Crippen LogP contribution in [0.2, 0.25) is 0 Å². The normalized spacial score (nSPS) is 15.2. The Morgan fingerprint density at radius 1 is 1.07 bits per heavy atom. The topological polar surface area (TPSA) is 56.3 Å². The van der Waals surface area contributed by atoms with Gasteiger partial charge in [-0.1, -0.05) is 61.8 Å². The van der Waals surface area contributed by atoms with Crippen LogP contribution >= 0.6 is 0 Å². The molecule has 0 radical (unpaired) electrons. The van der Waals surface area contributed by atoms with Crippen molar-refractivity contribution >= 4 is 9.84 Å². The highest BCUT2D eigenvalue weighted by Crippen LogP contribution is 2.43. The predicted molar refractivity (Wildman–Crippen MR) is 120 cm³/mol. The van der Waals surface area contributed by atoms with Crippen molar-refractivity contribution < 1.29 is 13.2 Å². The molecule has 29 heavy (non-hydrogen) atoms. The van der Waals surface area contributed by atoms with E-state index >= 15 is 0 Å². The van der Waals surface area contributed by atoms with E-state index in [0.29, 0.717) is 5.75 Å². The van der Waals surface area contributed by atoms with Crippen LogP contribution in [-0.4, -0.2) is 19.3 Å². The van der Waals surface area contributed by atoms with E-state index in [0.717, 1.165) is 29.7 Å². The molecule has 4 nitrogen and oxygen atoms in total. The van der Waals surface area contributed by atoms with E-state index in [-0.39, 0.29) is 21.7 Å². The highest BCUT2D eigenvalue weighted by molar-refractivity contribution is 7.91. The SMILES string of the molecule is CC.CCCC(C)(C)c1cc2c(cc1-c1cc(C(C)(C)C)ccn1)S(=O)(=O)CO2. The Kier molecular flexibility index (Phi) is 6.83. The van der Waals surface area contributed by atoms with Gasteiger partial charge >= 0.3 is 0 Å². The number of hydrogen-bond donors (Lipinski definition) is 0. The molecule has 2 heterocycles. The first-order chi connectivity index (χ1) is 13.5. The lowest BCUT2D eigenvalue weighted by molar-refractivity contribution is 0.386. The van der Waals surface area contributed by atoms with Crippen LogP contribution in [0.15, 0.2) is 35.4 Å². The molecule has 1 aromatic heterocycles. The highest BCUT2D eigenvalue weighted by Gasteiger charge is 2.33. The molecular weight excluding hydrogens is 382 g/mol. The summed E-state index contributed by atoms with van der Waals surface area (Å²) < 4.78 is 30.3. The number of benzene rings is 1. The van der Waals surface area contributed by atoms with Crippen molar-refractivity contribution in [2.45, 2.75) is 84.0 Å². The van der Waals surface area contributed by atoms with E-state index in [4.69, 9.17) is 4.74 Å². The molecule has 0 atom stereocenters. The lowest BCUT2D eigenvalue weighted by Crippen LogP contribution is -2.18. The second-order valence-corrected chi connectivity index (χ2v) is 10.9. The van der Waals surface area contributed by atoms with Gasteiger partial charge in [0.1, 0.15) is 10.6 Å². The number of hydrogen-bond acceptors (Lipinski definition) is 4. The Balaban J connectivity index is 0.00000145. The summed E-state index contributed by atoms with van der Waals surface area (Å²) in [5, 5.41) is 0. The van der Waals surface area contributed by atoms with E-state index in [1.165, 1.54) is 5.56 Å². The van der Waals surface area contributed by atoms with E-state index in [1.807, 2.05) is 32.2 Å². The fourth-order valence-electron chi connectivity index (χ4n) is 3.70. The van der Waals surface area contributed by atoms with Crippen molar-refractivity contribution in [3.05, 3.63) is 41.6 Å². The zero-order chi connectivity index (χ0) is 22.0. The average Bonchev–Trinajstić information content (AvgIpc) is 2.96. The molecule has 0 bridgehead atoms. The third kappa shape index (κ3) is 4.82. The molecule has 0 N–H and O–H groups in total. The Bertz CT molecular complexity index is 970. The molecular formula is C24H35NO3S. The van der Waals surface area contributed by atoms with Gasteiger partial charge in [0, 0.05) is 11.8 Å². The molecule has 1 aliphatic rings. The van der Waals surface area contributed by atoms with Gasteiger partial charge in [-0.15, -0.1) is 0 Å². The van der Waals surface area contributed by atoms with Crippen LogP contribution in [0.4, 0.5) is 0 Å². The summed E-state index contributed by atoms with van der Waals surface area (Å²) in [6.45, 7) is 17.0. The molecule has 160 valence electrons. The van der Waals surface area contributed by atoms with Gasteiger partial charge in [-0.25, -0.2) is 8.42 Å².